The van der Waals surface area contributed by atoms with E-state index in [1.165, 1.54) is 29.8 Å². The van der Waals surface area contributed by atoms with Crippen molar-refractivity contribution in [1.82, 2.24) is 9.97 Å². The molecular weight excluding hydrogens is 304 g/mol. The zero-order valence-corrected chi connectivity index (χ0v) is 12.2. The highest BCUT2D eigenvalue weighted by Crippen LogP contribution is 2.24. The first-order valence-corrected chi connectivity index (χ1v) is 7.37. The maximum atomic E-state index is 10.6. The molecule has 8 heteroatoms. The summed E-state index contributed by atoms with van der Waals surface area (Å²) < 4.78 is 0. The maximum Gasteiger partial charge on any atom is 0.269 e. The standard InChI is InChI=1S/C14H12N4O3S/c19-12(9-1-3-10(4-2-9)18(20)21)7-15-13-11-5-6-22-14(11)17-8-16-13/h1-6,8,12,19H,7H2,(H,15,16,17)/t12-/m1/s1. The second-order valence-electron chi connectivity index (χ2n) is 4.61. The fourth-order valence-electron chi connectivity index (χ4n) is 2.06. The van der Waals surface area contributed by atoms with E-state index in [4.69, 9.17) is 0 Å². The minimum Gasteiger partial charge on any atom is -0.387 e. The van der Waals surface area contributed by atoms with Gasteiger partial charge in [0.25, 0.3) is 5.69 Å². The second kappa shape index (κ2) is 6.04. The third-order valence-corrected chi connectivity index (χ3v) is 4.03. The van der Waals surface area contributed by atoms with Crippen molar-refractivity contribution >= 4 is 33.1 Å². The first kappa shape index (κ1) is 14.4. The van der Waals surface area contributed by atoms with Crippen LogP contribution in [0.3, 0.4) is 0 Å². The van der Waals surface area contributed by atoms with Crippen molar-refractivity contribution in [3.63, 3.8) is 0 Å². The molecule has 3 rings (SSSR count). The first-order valence-electron chi connectivity index (χ1n) is 6.49. The van der Waals surface area contributed by atoms with Crippen LogP contribution >= 0.6 is 11.3 Å². The number of hydrogen-bond acceptors (Lipinski definition) is 7. The molecule has 1 aromatic carbocycles. The number of benzene rings is 1. The largest absolute Gasteiger partial charge is 0.387 e. The summed E-state index contributed by atoms with van der Waals surface area (Å²) in [6, 6.07) is 7.76. The van der Waals surface area contributed by atoms with Crippen LogP contribution in [0.15, 0.2) is 42.0 Å². The lowest BCUT2D eigenvalue weighted by atomic mass is 10.1. The van der Waals surface area contributed by atoms with Gasteiger partial charge in [0.15, 0.2) is 0 Å². The Morgan fingerprint density at radius 1 is 1.27 bits per heavy atom. The minimum atomic E-state index is -0.788. The number of aromatic nitrogens is 2. The third kappa shape index (κ3) is 2.87. The van der Waals surface area contributed by atoms with Crippen molar-refractivity contribution in [3.8, 4) is 0 Å². The van der Waals surface area contributed by atoms with Gasteiger partial charge < -0.3 is 10.4 Å². The van der Waals surface area contributed by atoms with Crippen molar-refractivity contribution in [3.05, 3.63) is 57.7 Å². The van der Waals surface area contributed by atoms with E-state index in [2.05, 4.69) is 15.3 Å². The average Bonchev–Trinajstić information content (AvgIpc) is 3.01. The van der Waals surface area contributed by atoms with E-state index in [1.807, 2.05) is 11.4 Å². The summed E-state index contributed by atoms with van der Waals surface area (Å²) in [5.74, 6) is 0.659. The topological polar surface area (TPSA) is 101 Å². The van der Waals surface area contributed by atoms with Crippen LogP contribution in [0, 0.1) is 10.1 Å². The summed E-state index contributed by atoms with van der Waals surface area (Å²) in [7, 11) is 0. The van der Waals surface area contributed by atoms with Crippen LogP contribution in [0.2, 0.25) is 0 Å². The Kier molecular flexibility index (Phi) is 3.94. The molecule has 0 aliphatic carbocycles. The van der Waals surface area contributed by atoms with Crippen molar-refractivity contribution < 1.29 is 10.0 Å². The van der Waals surface area contributed by atoms with E-state index in [1.54, 1.807) is 12.1 Å². The molecule has 0 saturated carbocycles. The second-order valence-corrected chi connectivity index (χ2v) is 5.50. The fourth-order valence-corrected chi connectivity index (χ4v) is 2.79. The summed E-state index contributed by atoms with van der Waals surface area (Å²) in [6.07, 6.45) is 0.684. The SMILES string of the molecule is O=[N+]([O-])c1ccc([C@H](O)CNc2ncnc3sccc23)cc1. The predicted octanol–water partition coefficient (Wildman–Crippen LogP) is 2.75. The Labute approximate surface area is 129 Å². The summed E-state index contributed by atoms with van der Waals surface area (Å²) in [4.78, 5) is 19.3. The summed E-state index contributed by atoms with van der Waals surface area (Å²) in [6.45, 7) is 0.250. The fraction of sp³-hybridized carbons (Fsp3) is 0.143. The first-order chi connectivity index (χ1) is 10.6. The summed E-state index contributed by atoms with van der Waals surface area (Å²) in [5.41, 5.74) is 0.605. The van der Waals surface area contributed by atoms with Gasteiger partial charge in [-0.05, 0) is 29.1 Å². The minimum absolute atomic E-state index is 0.000286. The monoisotopic (exact) mass is 316 g/mol. The molecular formula is C14H12N4O3S. The number of nitrogens with one attached hydrogen (secondary N) is 1. The van der Waals surface area contributed by atoms with E-state index >= 15 is 0 Å². The number of hydrogen-bond donors (Lipinski definition) is 2. The number of non-ortho nitro benzene ring substituents is 1. The molecule has 0 aliphatic rings. The molecule has 1 atom stereocenters. The lowest BCUT2D eigenvalue weighted by Gasteiger charge is -2.13. The van der Waals surface area contributed by atoms with Gasteiger partial charge in [-0.25, -0.2) is 9.97 Å². The number of rotatable bonds is 5. The lowest BCUT2D eigenvalue weighted by Crippen LogP contribution is -2.13. The zero-order valence-electron chi connectivity index (χ0n) is 11.3. The molecule has 0 fully saturated rings. The van der Waals surface area contributed by atoms with Crippen LogP contribution in [0.1, 0.15) is 11.7 Å². The molecule has 2 aromatic heterocycles. The highest BCUT2D eigenvalue weighted by Gasteiger charge is 2.12. The number of anilines is 1. The third-order valence-electron chi connectivity index (χ3n) is 3.21. The Balaban J connectivity index is 1.70. The van der Waals surface area contributed by atoms with Gasteiger partial charge in [0.2, 0.25) is 0 Å². The number of nitro groups is 1. The van der Waals surface area contributed by atoms with Gasteiger partial charge in [0, 0.05) is 18.7 Å². The number of aliphatic hydroxyl groups is 1. The number of nitrogens with zero attached hydrogens (tertiary/aromatic N) is 3. The molecule has 22 heavy (non-hydrogen) atoms. The van der Waals surface area contributed by atoms with E-state index in [0.29, 0.717) is 11.4 Å². The van der Waals surface area contributed by atoms with Crippen molar-refractivity contribution in [2.24, 2.45) is 0 Å². The van der Waals surface area contributed by atoms with Crippen LogP contribution in [-0.4, -0.2) is 26.5 Å². The highest BCUT2D eigenvalue weighted by molar-refractivity contribution is 7.16. The smallest absolute Gasteiger partial charge is 0.269 e. The summed E-state index contributed by atoms with van der Waals surface area (Å²) >= 11 is 1.52. The van der Waals surface area contributed by atoms with Crippen LogP contribution in [0.4, 0.5) is 11.5 Å². The molecule has 0 aliphatic heterocycles. The molecule has 2 N–H and O–H groups in total. The number of fused-ring (bicyclic) bond motifs is 1. The molecule has 0 saturated heterocycles. The van der Waals surface area contributed by atoms with Crippen molar-refractivity contribution in [2.75, 3.05) is 11.9 Å². The summed E-state index contributed by atoms with van der Waals surface area (Å²) in [5, 5.41) is 26.7. The molecule has 3 aromatic rings. The molecule has 112 valence electrons. The van der Waals surface area contributed by atoms with Crippen LogP contribution in [0.5, 0.6) is 0 Å². The van der Waals surface area contributed by atoms with Gasteiger partial charge in [-0.3, -0.25) is 10.1 Å². The van der Waals surface area contributed by atoms with Gasteiger partial charge in [0.05, 0.1) is 16.4 Å². The molecule has 2 heterocycles. The average molecular weight is 316 g/mol. The Bertz CT molecular complexity index is 803. The highest BCUT2D eigenvalue weighted by atomic mass is 32.1. The van der Waals surface area contributed by atoms with Crippen LogP contribution < -0.4 is 5.32 Å². The molecule has 0 radical (unpaired) electrons. The van der Waals surface area contributed by atoms with Crippen molar-refractivity contribution in [2.45, 2.75) is 6.10 Å². The molecule has 0 amide bonds. The van der Waals surface area contributed by atoms with Crippen molar-refractivity contribution in [1.29, 1.82) is 0 Å². The van der Waals surface area contributed by atoms with Gasteiger partial charge in [-0.2, -0.15) is 0 Å². The van der Waals surface area contributed by atoms with Crippen LogP contribution in [-0.2, 0) is 0 Å². The van der Waals surface area contributed by atoms with Gasteiger partial charge in [-0.15, -0.1) is 11.3 Å². The predicted molar refractivity (Wildman–Crippen MR) is 84.0 cm³/mol. The number of aliphatic hydroxyl groups excluding tert-OH is 1. The Hall–Kier alpha value is -2.58. The lowest BCUT2D eigenvalue weighted by molar-refractivity contribution is -0.384. The molecule has 7 nitrogen and oxygen atoms in total. The molecule has 0 unspecified atom stereocenters. The molecule has 0 spiro atoms. The van der Waals surface area contributed by atoms with Gasteiger partial charge >= 0.3 is 0 Å². The zero-order chi connectivity index (χ0) is 15.5. The van der Waals surface area contributed by atoms with E-state index in [0.717, 1.165) is 10.2 Å². The number of nitro benzene ring substituents is 1. The van der Waals surface area contributed by atoms with Crippen LogP contribution in [0.25, 0.3) is 10.2 Å². The quantitative estimate of drug-likeness (QED) is 0.554. The number of thiophene rings is 1. The Morgan fingerprint density at radius 3 is 2.77 bits per heavy atom. The van der Waals surface area contributed by atoms with E-state index in [-0.39, 0.29) is 12.2 Å². The Morgan fingerprint density at radius 2 is 2.05 bits per heavy atom. The van der Waals surface area contributed by atoms with Gasteiger partial charge in [-0.1, -0.05) is 0 Å². The van der Waals surface area contributed by atoms with Gasteiger partial charge in [0.1, 0.15) is 17.0 Å². The maximum absolute atomic E-state index is 10.6. The molecule has 0 bridgehead atoms. The van der Waals surface area contributed by atoms with E-state index in [9.17, 15) is 15.2 Å². The van der Waals surface area contributed by atoms with E-state index < -0.39 is 11.0 Å². The normalized spacial score (nSPS) is 12.2.